The summed E-state index contributed by atoms with van der Waals surface area (Å²) in [7, 11) is 0. The van der Waals surface area contributed by atoms with Crippen molar-refractivity contribution in [3.63, 3.8) is 0 Å². The van der Waals surface area contributed by atoms with Gasteiger partial charge in [-0.15, -0.1) is 0 Å². The lowest BCUT2D eigenvalue weighted by atomic mass is 10.2. The van der Waals surface area contributed by atoms with Gasteiger partial charge in [0.25, 0.3) is 0 Å². The molecule has 0 amide bonds. The molecular formula is C17H16N4O2. The third-order valence-corrected chi connectivity index (χ3v) is 3.49. The van der Waals surface area contributed by atoms with Gasteiger partial charge in [0.1, 0.15) is 0 Å². The molecule has 0 saturated carbocycles. The molecular weight excluding hydrogens is 292 g/mol. The highest BCUT2D eigenvalue weighted by molar-refractivity contribution is 5.94. The second-order valence-corrected chi connectivity index (χ2v) is 5.26. The van der Waals surface area contributed by atoms with Crippen LogP contribution in [-0.2, 0) is 0 Å². The Morgan fingerprint density at radius 3 is 2.78 bits per heavy atom. The Balaban J connectivity index is 1.95. The van der Waals surface area contributed by atoms with Gasteiger partial charge in [-0.25, -0.2) is 9.48 Å². The summed E-state index contributed by atoms with van der Waals surface area (Å²) in [6.45, 7) is 3.89. The highest BCUT2D eigenvalue weighted by Crippen LogP contribution is 2.23. The predicted molar refractivity (Wildman–Crippen MR) is 87.5 cm³/mol. The van der Waals surface area contributed by atoms with Gasteiger partial charge in [-0.1, -0.05) is 12.1 Å². The van der Waals surface area contributed by atoms with E-state index in [1.54, 1.807) is 4.68 Å². The van der Waals surface area contributed by atoms with Gasteiger partial charge in [0, 0.05) is 6.20 Å². The molecule has 116 valence electrons. The van der Waals surface area contributed by atoms with Crippen molar-refractivity contribution in [1.29, 1.82) is 0 Å². The third kappa shape index (κ3) is 3.06. The van der Waals surface area contributed by atoms with Crippen LogP contribution in [0.1, 0.15) is 21.6 Å². The van der Waals surface area contributed by atoms with E-state index in [0.717, 1.165) is 22.6 Å². The zero-order chi connectivity index (χ0) is 16.4. The van der Waals surface area contributed by atoms with Crippen LogP contribution in [0.4, 0.5) is 11.4 Å². The molecule has 0 aliphatic rings. The number of carbonyl (C=O) groups is 1. The van der Waals surface area contributed by atoms with E-state index in [2.05, 4.69) is 15.4 Å². The lowest BCUT2D eigenvalue weighted by Crippen LogP contribution is -2.03. The fraction of sp³-hybridized carbons (Fsp3) is 0.118. The summed E-state index contributed by atoms with van der Waals surface area (Å²) in [4.78, 5) is 15.2. The molecule has 0 saturated heterocycles. The summed E-state index contributed by atoms with van der Waals surface area (Å²) < 4.78 is 1.77. The van der Waals surface area contributed by atoms with Gasteiger partial charge in [-0.2, -0.15) is 5.10 Å². The summed E-state index contributed by atoms with van der Waals surface area (Å²) in [6.07, 6.45) is 4.79. The summed E-state index contributed by atoms with van der Waals surface area (Å²) in [5.41, 5.74) is 4.21. The van der Waals surface area contributed by atoms with Crippen molar-refractivity contribution in [1.82, 2.24) is 14.8 Å². The molecule has 0 fully saturated rings. The highest BCUT2D eigenvalue weighted by atomic mass is 16.4. The Kier molecular flexibility index (Phi) is 3.80. The topological polar surface area (TPSA) is 80.0 Å². The highest BCUT2D eigenvalue weighted by Gasteiger charge is 2.13. The molecule has 0 atom stereocenters. The molecule has 2 heterocycles. The van der Waals surface area contributed by atoms with Gasteiger partial charge < -0.3 is 10.4 Å². The van der Waals surface area contributed by atoms with Crippen LogP contribution in [0.3, 0.4) is 0 Å². The van der Waals surface area contributed by atoms with E-state index in [1.807, 2.05) is 44.3 Å². The predicted octanol–water partition coefficient (Wildman–Crippen LogP) is 3.33. The van der Waals surface area contributed by atoms with Gasteiger partial charge in [0.2, 0.25) is 0 Å². The quantitative estimate of drug-likeness (QED) is 0.773. The number of carboxylic acid groups (broad SMARTS) is 1. The first kappa shape index (κ1) is 14.8. The van der Waals surface area contributed by atoms with E-state index in [9.17, 15) is 9.90 Å². The van der Waals surface area contributed by atoms with E-state index < -0.39 is 5.97 Å². The van der Waals surface area contributed by atoms with Gasteiger partial charge in [0.05, 0.1) is 40.7 Å². The first-order valence-electron chi connectivity index (χ1n) is 7.12. The summed E-state index contributed by atoms with van der Waals surface area (Å²) >= 11 is 0. The summed E-state index contributed by atoms with van der Waals surface area (Å²) in [5.74, 6) is -1.00. The van der Waals surface area contributed by atoms with Crippen molar-refractivity contribution in [3.8, 4) is 5.69 Å². The monoisotopic (exact) mass is 308 g/mol. The smallest absolute Gasteiger partial charge is 0.337 e. The number of aromatic nitrogens is 3. The average Bonchev–Trinajstić information content (AvgIpc) is 2.89. The molecule has 0 aliphatic heterocycles. The van der Waals surface area contributed by atoms with Crippen LogP contribution in [-0.4, -0.2) is 25.8 Å². The minimum atomic E-state index is -1.00. The van der Waals surface area contributed by atoms with Crippen LogP contribution in [0.15, 0.2) is 48.9 Å². The van der Waals surface area contributed by atoms with Crippen molar-refractivity contribution in [2.45, 2.75) is 13.8 Å². The molecule has 6 heteroatoms. The lowest BCUT2D eigenvalue weighted by Gasteiger charge is -2.07. The number of nitrogens with one attached hydrogen (secondary N) is 1. The second kappa shape index (κ2) is 5.92. The molecule has 0 aliphatic carbocycles. The Bertz CT molecular complexity index is 871. The number of benzene rings is 1. The number of hydrogen-bond acceptors (Lipinski definition) is 4. The first-order chi connectivity index (χ1) is 11.0. The third-order valence-electron chi connectivity index (χ3n) is 3.49. The number of pyridine rings is 1. The SMILES string of the molecule is Cc1cccc(-n2cc(Nc3cnccc3C(=O)O)c(C)n2)c1. The number of rotatable bonds is 4. The van der Waals surface area contributed by atoms with Crippen LogP contribution < -0.4 is 5.32 Å². The van der Waals surface area contributed by atoms with Crippen LogP contribution in [0.2, 0.25) is 0 Å². The maximum absolute atomic E-state index is 11.3. The molecule has 3 aromatic rings. The summed E-state index contributed by atoms with van der Waals surface area (Å²) in [6, 6.07) is 9.45. The Morgan fingerprint density at radius 2 is 2.04 bits per heavy atom. The Hall–Kier alpha value is -3.15. The maximum Gasteiger partial charge on any atom is 0.337 e. The number of anilines is 2. The van der Waals surface area contributed by atoms with Crippen molar-refractivity contribution >= 4 is 17.3 Å². The largest absolute Gasteiger partial charge is 0.478 e. The number of aromatic carboxylic acids is 1. The van der Waals surface area contributed by atoms with E-state index in [0.29, 0.717) is 5.69 Å². The number of hydrogen-bond donors (Lipinski definition) is 2. The fourth-order valence-electron chi connectivity index (χ4n) is 2.31. The normalized spacial score (nSPS) is 10.5. The van der Waals surface area contributed by atoms with Crippen LogP contribution in [0, 0.1) is 13.8 Å². The molecule has 3 rings (SSSR count). The van der Waals surface area contributed by atoms with Crippen LogP contribution in [0.5, 0.6) is 0 Å². The van der Waals surface area contributed by atoms with E-state index in [-0.39, 0.29) is 5.56 Å². The lowest BCUT2D eigenvalue weighted by molar-refractivity contribution is 0.0698. The molecule has 23 heavy (non-hydrogen) atoms. The van der Waals surface area contributed by atoms with Crippen molar-refractivity contribution in [2.75, 3.05) is 5.32 Å². The van der Waals surface area contributed by atoms with Gasteiger partial charge in [-0.05, 0) is 37.6 Å². The average molecular weight is 308 g/mol. The molecule has 6 nitrogen and oxygen atoms in total. The molecule has 2 aromatic heterocycles. The maximum atomic E-state index is 11.3. The molecule has 0 radical (unpaired) electrons. The zero-order valence-corrected chi connectivity index (χ0v) is 12.8. The van der Waals surface area contributed by atoms with Gasteiger partial charge >= 0.3 is 5.97 Å². The number of carboxylic acids is 1. The summed E-state index contributed by atoms with van der Waals surface area (Å²) in [5, 5.41) is 16.8. The minimum absolute atomic E-state index is 0.169. The Morgan fingerprint density at radius 1 is 1.22 bits per heavy atom. The standard InChI is InChI=1S/C17H16N4O2/c1-11-4-3-5-13(8-11)21-10-16(12(2)20-21)19-15-9-18-7-6-14(15)17(22)23/h3-10,19H,1-2H3,(H,22,23). The molecule has 0 spiro atoms. The fourth-order valence-corrected chi connectivity index (χ4v) is 2.31. The molecule has 0 bridgehead atoms. The Labute approximate surface area is 133 Å². The van der Waals surface area contributed by atoms with E-state index >= 15 is 0 Å². The van der Waals surface area contributed by atoms with Crippen molar-refractivity contribution in [3.05, 3.63) is 65.7 Å². The second-order valence-electron chi connectivity index (χ2n) is 5.26. The zero-order valence-electron chi connectivity index (χ0n) is 12.8. The van der Waals surface area contributed by atoms with E-state index in [4.69, 9.17) is 0 Å². The minimum Gasteiger partial charge on any atom is -0.478 e. The van der Waals surface area contributed by atoms with Crippen molar-refractivity contribution in [2.24, 2.45) is 0 Å². The van der Waals surface area contributed by atoms with Crippen LogP contribution in [0.25, 0.3) is 5.69 Å². The molecule has 0 unspecified atom stereocenters. The van der Waals surface area contributed by atoms with Gasteiger partial charge in [0.15, 0.2) is 0 Å². The first-order valence-corrected chi connectivity index (χ1v) is 7.12. The number of nitrogens with zero attached hydrogens (tertiary/aromatic N) is 3. The number of aryl methyl sites for hydroxylation is 2. The van der Waals surface area contributed by atoms with Gasteiger partial charge in [-0.3, -0.25) is 4.98 Å². The van der Waals surface area contributed by atoms with Crippen LogP contribution >= 0.6 is 0 Å². The van der Waals surface area contributed by atoms with Crippen molar-refractivity contribution < 1.29 is 9.90 Å². The molecule has 1 aromatic carbocycles. The van der Waals surface area contributed by atoms with E-state index in [1.165, 1.54) is 18.5 Å². The molecule has 2 N–H and O–H groups in total.